The van der Waals surface area contributed by atoms with Crippen LogP contribution in [0.3, 0.4) is 0 Å². The van der Waals surface area contributed by atoms with Crippen LogP contribution in [0.5, 0.6) is 0 Å². The van der Waals surface area contributed by atoms with Crippen molar-refractivity contribution in [3.8, 4) is 0 Å². The average Bonchev–Trinajstić information content (AvgIpc) is 2.70. The van der Waals surface area contributed by atoms with Gasteiger partial charge in [-0.15, -0.1) is 0 Å². The maximum atomic E-state index is 13.6. The molecule has 34 heavy (non-hydrogen) atoms. The van der Waals surface area contributed by atoms with Crippen LogP contribution in [-0.4, -0.2) is 31.5 Å². The summed E-state index contributed by atoms with van der Waals surface area (Å²) in [7, 11) is -2.45. The summed E-state index contributed by atoms with van der Waals surface area (Å²) in [5.74, 6) is -0.504. The summed E-state index contributed by atoms with van der Waals surface area (Å²) < 4.78 is 91.7. The van der Waals surface area contributed by atoms with Crippen molar-refractivity contribution >= 4 is 24.0 Å². The fourth-order valence-corrected chi connectivity index (χ4v) is 3.93. The number of aliphatic imine (C=N–C) groups is 1. The van der Waals surface area contributed by atoms with E-state index in [0.29, 0.717) is 11.0 Å². The molecule has 4 nitrogen and oxygen atoms in total. The molecule has 0 aliphatic rings. The van der Waals surface area contributed by atoms with Crippen LogP contribution in [-0.2, 0) is 17.3 Å². The molecule has 2 N–H and O–H groups in total. The number of rotatable bonds is 7. The average molecular weight is 505 g/mol. The second-order valence-electron chi connectivity index (χ2n) is 7.97. The lowest BCUT2D eigenvalue weighted by Crippen LogP contribution is -2.41. The number of alkyl halides is 6. The summed E-state index contributed by atoms with van der Waals surface area (Å²) in [6.07, 6.45) is -9.17. The highest BCUT2D eigenvalue weighted by atomic mass is 31.2. The summed E-state index contributed by atoms with van der Waals surface area (Å²) >= 11 is 0. The summed E-state index contributed by atoms with van der Waals surface area (Å²) in [6.45, 7) is 5.64. The van der Waals surface area contributed by atoms with E-state index in [-0.39, 0.29) is 12.1 Å². The van der Waals surface area contributed by atoms with E-state index >= 15 is 0 Å². The molecular formula is C23H26F6N3OP. The third kappa shape index (κ3) is 7.94. The summed E-state index contributed by atoms with van der Waals surface area (Å²) in [4.78, 5) is 3.96. The number of nitrogens with zero attached hydrogens (tertiary/aromatic N) is 1. The second kappa shape index (κ2) is 10.7. The van der Waals surface area contributed by atoms with Crippen LogP contribution in [0.25, 0.3) is 0 Å². The van der Waals surface area contributed by atoms with Crippen molar-refractivity contribution in [2.24, 2.45) is 4.99 Å². The van der Waals surface area contributed by atoms with E-state index in [4.69, 9.17) is 0 Å². The Morgan fingerprint density at radius 1 is 1.06 bits per heavy atom. The first-order chi connectivity index (χ1) is 15.6. The minimum absolute atomic E-state index is 0.117. The minimum Gasteiger partial charge on any atom is -0.366 e. The number of hydrogen-bond acceptors (Lipinski definition) is 3. The van der Waals surface area contributed by atoms with Crippen molar-refractivity contribution in [3.63, 3.8) is 0 Å². The van der Waals surface area contributed by atoms with Crippen LogP contribution in [0.4, 0.5) is 32.0 Å². The maximum Gasteiger partial charge on any atom is 0.419 e. The SMILES string of the molecule is C/C=C(\C(=NCc1cccc(C(F)(F)F)c1)NC(C)Nc1ccc(P(C)(C)=O)cc1)C(F)(F)F. The Morgan fingerprint density at radius 2 is 1.68 bits per heavy atom. The van der Waals surface area contributed by atoms with Gasteiger partial charge in [0.2, 0.25) is 0 Å². The van der Waals surface area contributed by atoms with Gasteiger partial charge in [-0.2, -0.15) is 26.3 Å². The first-order valence-corrected chi connectivity index (χ1v) is 12.8. The molecule has 0 aromatic heterocycles. The van der Waals surface area contributed by atoms with Gasteiger partial charge in [0.25, 0.3) is 0 Å². The molecule has 0 aliphatic heterocycles. The predicted molar refractivity (Wildman–Crippen MR) is 124 cm³/mol. The molecule has 0 saturated carbocycles. The van der Waals surface area contributed by atoms with E-state index in [2.05, 4.69) is 15.6 Å². The molecular weight excluding hydrogens is 479 g/mol. The van der Waals surface area contributed by atoms with Gasteiger partial charge in [-0.1, -0.05) is 18.2 Å². The first-order valence-electron chi connectivity index (χ1n) is 10.2. The van der Waals surface area contributed by atoms with Crippen molar-refractivity contribution in [3.05, 3.63) is 71.3 Å². The standard InChI is InChI=1S/C23H26F6N3OP/c1-5-20(23(27,28)29)21(30-14-16-7-6-8-17(13-16)22(24,25)26)32-15(2)31-18-9-11-19(12-10-18)34(3,4)33/h5-13,15,31H,14H2,1-4H3,(H,30,32)/b20-5+. The number of halogens is 6. The Balaban J connectivity index is 2.26. The molecule has 0 aliphatic carbocycles. The number of benzene rings is 2. The topological polar surface area (TPSA) is 53.5 Å². The quantitative estimate of drug-likeness (QED) is 0.150. The summed E-state index contributed by atoms with van der Waals surface area (Å²) in [6, 6.07) is 10.9. The highest BCUT2D eigenvalue weighted by Gasteiger charge is 2.37. The molecule has 1 unspecified atom stereocenters. The zero-order valence-electron chi connectivity index (χ0n) is 19.1. The highest BCUT2D eigenvalue weighted by Crippen LogP contribution is 2.34. The van der Waals surface area contributed by atoms with Crippen LogP contribution in [0.2, 0.25) is 0 Å². The van der Waals surface area contributed by atoms with Gasteiger partial charge in [-0.3, -0.25) is 4.99 Å². The molecule has 1 atom stereocenters. The lowest BCUT2D eigenvalue weighted by molar-refractivity contribution is -0.137. The Morgan fingerprint density at radius 3 is 2.18 bits per heavy atom. The summed E-state index contributed by atoms with van der Waals surface area (Å²) in [5, 5.41) is 6.30. The van der Waals surface area contributed by atoms with E-state index in [0.717, 1.165) is 18.2 Å². The maximum absolute atomic E-state index is 13.6. The van der Waals surface area contributed by atoms with Crippen LogP contribution >= 0.6 is 7.14 Å². The van der Waals surface area contributed by atoms with Crippen molar-refractivity contribution in [2.45, 2.75) is 38.9 Å². The van der Waals surface area contributed by atoms with Gasteiger partial charge in [0, 0.05) is 11.0 Å². The number of anilines is 1. The lowest BCUT2D eigenvalue weighted by Gasteiger charge is -2.22. The number of allylic oxidation sites excluding steroid dienone is 1. The third-order valence-corrected chi connectivity index (χ3v) is 6.29. The number of hydrogen-bond donors (Lipinski definition) is 2. The van der Waals surface area contributed by atoms with Gasteiger partial charge in [0.05, 0.1) is 23.8 Å². The van der Waals surface area contributed by atoms with Gasteiger partial charge in [0.1, 0.15) is 13.0 Å². The lowest BCUT2D eigenvalue weighted by atomic mass is 10.1. The highest BCUT2D eigenvalue weighted by molar-refractivity contribution is 7.70. The first kappa shape index (κ1) is 27.5. The van der Waals surface area contributed by atoms with Crippen LogP contribution in [0.1, 0.15) is 25.0 Å². The van der Waals surface area contributed by atoms with Gasteiger partial charge in [-0.05, 0) is 69.1 Å². The molecule has 0 fully saturated rings. The van der Waals surface area contributed by atoms with E-state index < -0.39 is 42.6 Å². The smallest absolute Gasteiger partial charge is 0.366 e. The molecule has 0 bridgehead atoms. The van der Waals surface area contributed by atoms with Crippen LogP contribution in [0.15, 0.2) is 65.2 Å². The Kier molecular flexibility index (Phi) is 8.64. The molecule has 0 amide bonds. The molecule has 0 saturated heterocycles. The molecule has 0 radical (unpaired) electrons. The van der Waals surface area contributed by atoms with E-state index in [9.17, 15) is 30.9 Å². The molecule has 0 heterocycles. The zero-order chi connectivity index (χ0) is 25.7. The third-order valence-electron chi connectivity index (χ3n) is 4.75. The van der Waals surface area contributed by atoms with Crippen molar-refractivity contribution in [1.82, 2.24) is 5.32 Å². The molecule has 0 spiro atoms. The molecule has 2 aromatic carbocycles. The van der Waals surface area contributed by atoms with Crippen LogP contribution < -0.4 is 15.9 Å². The predicted octanol–water partition coefficient (Wildman–Crippen LogP) is 6.41. The second-order valence-corrected chi connectivity index (χ2v) is 11.2. The van der Waals surface area contributed by atoms with Crippen molar-refractivity contribution < 1.29 is 30.9 Å². The number of nitrogens with one attached hydrogen (secondary N) is 2. The fraction of sp³-hybridized carbons (Fsp3) is 0.348. The van der Waals surface area contributed by atoms with Gasteiger partial charge in [-0.25, -0.2) is 0 Å². The van der Waals surface area contributed by atoms with Crippen LogP contribution in [0, 0.1) is 0 Å². The van der Waals surface area contributed by atoms with Gasteiger partial charge in [0.15, 0.2) is 0 Å². The van der Waals surface area contributed by atoms with E-state index in [1.165, 1.54) is 19.1 Å². The summed E-state index contributed by atoms with van der Waals surface area (Å²) in [5.41, 5.74) is -1.25. The van der Waals surface area contributed by atoms with Crippen molar-refractivity contribution in [1.29, 1.82) is 0 Å². The van der Waals surface area contributed by atoms with E-state index in [1.54, 1.807) is 44.5 Å². The zero-order valence-corrected chi connectivity index (χ0v) is 19.9. The fourth-order valence-electron chi connectivity index (χ4n) is 3.07. The minimum atomic E-state index is -4.72. The van der Waals surface area contributed by atoms with E-state index in [1.807, 2.05) is 0 Å². The van der Waals surface area contributed by atoms with Gasteiger partial charge >= 0.3 is 12.4 Å². The molecule has 2 aromatic rings. The normalized spacial score (nSPS) is 14.6. The Bertz CT molecular complexity index is 1090. The monoisotopic (exact) mass is 505 g/mol. The molecule has 2 rings (SSSR count). The van der Waals surface area contributed by atoms with Crippen molar-refractivity contribution in [2.75, 3.05) is 18.6 Å². The largest absolute Gasteiger partial charge is 0.419 e. The molecule has 186 valence electrons. The Labute approximate surface area is 194 Å². The molecule has 11 heteroatoms. The Hall–Kier alpha value is -2.74. The van der Waals surface area contributed by atoms with Gasteiger partial charge < -0.3 is 15.2 Å². The number of amidine groups is 1.